The van der Waals surface area contributed by atoms with Crippen molar-refractivity contribution in [2.75, 3.05) is 22.1 Å². The molecular formula is C18H18ClN3O3. The largest absolute Gasteiger partial charge is 0.326 e. The molecule has 0 bridgehead atoms. The van der Waals surface area contributed by atoms with Crippen LogP contribution in [0.1, 0.15) is 13.8 Å². The molecule has 0 saturated heterocycles. The SMILES string of the molecule is CC(=O)Nc1cccc(NC(=O)CN(C(C)=O)c2cccc(Cl)c2)c1. The first kappa shape index (κ1) is 18.5. The second kappa shape index (κ2) is 8.30. The van der Waals surface area contributed by atoms with Gasteiger partial charge in [-0.25, -0.2) is 0 Å². The number of anilines is 3. The molecule has 2 rings (SSSR count). The summed E-state index contributed by atoms with van der Waals surface area (Å²) in [6.45, 7) is 2.63. The number of rotatable bonds is 5. The number of carbonyl (C=O) groups excluding carboxylic acids is 3. The Morgan fingerprint density at radius 3 is 2.20 bits per heavy atom. The highest BCUT2D eigenvalue weighted by Gasteiger charge is 2.16. The molecule has 130 valence electrons. The number of amides is 3. The maximum absolute atomic E-state index is 12.3. The third-order valence-electron chi connectivity index (χ3n) is 3.27. The summed E-state index contributed by atoms with van der Waals surface area (Å²) in [7, 11) is 0. The number of hydrogen-bond acceptors (Lipinski definition) is 3. The van der Waals surface area contributed by atoms with Gasteiger partial charge < -0.3 is 15.5 Å². The highest BCUT2D eigenvalue weighted by atomic mass is 35.5. The summed E-state index contributed by atoms with van der Waals surface area (Å²) in [4.78, 5) is 36.6. The summed E-state index contributed by atoms with van der Waals surface area (Å²) in [5.41, 5.74) is 1.64. The fourth-order valence-corrected chi connectivity index (χ4v) is 2.44. The molecule has 0 fully saturated rings. The molecule has 7 heteroatoms. The molecule has 0 saturated carbocycles. The molecule has 0 aliphatic rings. The van der Waals surface area contributed by atoms with E-state index in [0.29, 0.717) is 22.1 Å². The van der Waals surface area contributed by atoms with Gasteiger partial charge in [-0.1, -0.05) is 23.7 Å². The van der Waals surface area contributed by atoms with Crippen molar-refractivity contribution in [1.82, 2.24) is 0 Å². The third-order valence-corrected chi connectivity index (χ3v) is 3.50. The minimum absolute atomic E-state index is 0.153. The van der Waals surface area contributed by atoms with E-state index < -0.39 is 0 Å². The van der Waals surface area contributed by atoms with Crippen LogP contribution in [0, 0.1) is 0 Å². The molecule has 2 aromatic carbocycles. The summed E-state index contributed by atoms with van der Waals surface area (Å²) < 4.78 is 0. The fraction of sp³-hybridized carbons (Fsp3) is 0.167. The molecule has 3 amide bonds. The monoisotopic (exact) mass is 359 g/mol. The quantitative estimate of drug-likeness (QED) is 0.859. The average molecular weight is 360 g/mol. The predicted molar refractivity (Wildman–Crippen MR) is 98.9 cm³/mol. The van der Waals surface area contributed by atoms with E-state index >= 15 is 0 Å². The molecule has 6 nitrogen and oxygen atoms in total. The van der Waals surface area contributed by atoms with E-state index in [1.165, 1.54) is 18.7 Å². The van der Waals surface area contributed by atoms with Gasteiger partial charge in [-0.05, 0) is 36.4 Å². The van der Waals surface area contributed by atoms with E-state index in [4.69, 9.17) is 11.6 Å². The number of hydrogen-bond donors (Lipinski definition) is 2. The van der Waals surface area contributed by atoms with Crippen molar-refractivity contribution in [2.24, 2.45) is 0 Å². The summed E-state index contributed by atoms with van der Waals surface area (Å²) in [6, 6.07) is 13.5. The molecule has 0 spiro atoms. The van der Waals surface area contributed by atoms with Gasteiger partial charge in [-0.3, -0.25) is 14.4 Å². The van der Waals surface area contributed by atoms with Crippen molar-refractivity contribution < 1.29 is 14.4 Å². The first-order valence-corrected chi connectivity index (χ1v) is 7.94. The second-order valence-corrected chi connectivity index (χ2v) is 5.83. The Bertz CT molecular complexity index is 808. The van der Waals surface area contributed by atoms with Gasteiger partial charge in [0.2, 0.25) is 17.7 Å². The van der Waals surface area contributed by atoms with Gasteiger partial charge >= 0.3 is 0 Å². The molecule has 0 aliphatic heterocycles. The topological polar surface area (TPSA) is 78.5 Å². The smallest absolute Gasteiger partial charge is 0.244 e. The van der Waals surface area contributed by atoms with Crippen molar-refractivity contribution in [3.63, 3.8) is 0 Å². The Hall–Kier alpha value is -2.86. The Morgan fingerprint density at radius 2 is 1.60 bits per heavy atom. The lowest BCUT2D eigenvalue weighted by Gasteiger charge is -2.21. The van der Waals surface area contributed by atoms with Gasteiger partial charge in [0.05, 0.1) is 0 Å². The second-order valence-electron chi connectivity index (χ2n) is 5.40. The highest BCUT2D eigenvalue weighted by Crippen LogP contribution is 2.20. The fourth-order valence-electron chi connectivity index (χ4n) is 2.25. The maximum atomic E-state index is 12.3. The van der Waals surface area contributed by atoms with Gasteiger partial charge in [0.15, 0.2) is 0 Å². The van der Waals surface area contributed by atoms with Crippen LogP contribution in [0.2, 0.25) is 5.02 Å². The number of halogens is 1. The molecule has 0 aromatic heterocycles. The molecule has 2 aromatic rings. The summed E-state index contributed by atoms with van der Waals surface area (Å²) in [5, 5.41) is 5.83. The van der Waals surface area contributed by atoms with Gasteiger partial charge in [-0.2, -0.15) is 0 Å². The van der Waals surface area contributed by atoms with Crippen LogP contribution in [0.3, 0.4) is 0 Å². The summed E-state index contributed by atoms with van der Waals surface area (Å²) >= 11 is 5.95. The van der Waals surface area contributed by atoms with Gasteiger partial charge in [-0.15, -0.1) is 0 Å². The molecular weight excluding hydrogens is 342 g/mol. The summed E-state index contributed by atoms with van der Waals surface area (Å²) in [5.74, 6) is -0.841. The maximum Gasteiger partial charge on any atom is 0.244 e. The Balaban J connectivity index is 2.09. The first-order valence-electron chi connectivity index (χ1n) is 7.56. The van der Waals surface area contributed by atoms with Gasteiger partial charge in [0.25, 0.3) is 0 Å². The van der Waals surface area contributed by atoms with Crippen molar-refractivity contribution >= 4 is 46.4 Å². The lowest BCUT2D eigenvalue weighted by molar-refractivity contribution is -0.120. The number of carbonyl (C=O) groups is 3. The lowest BCUT2D eigenvalue weighted by atomic mass is 10.2. The zero-order valence-corrected chi connectivity index (χ0v) is 14.6. The normalized spacial score (nSPS) is 10.0. The molecule has 0 atom stereocenters. The minimum atomic E-state index is -0.366. The van der Waals surface area contributed by atoms with Crippen LogP contribution >= 0.6 is 11.6 Å². The standard InChI is InChI=1S/C18H18ClN3O3/c1-12(23)20-15-6-4-7-16(10-15)21-18(25)11-22(13(2)24)17-8-3-5-14(19)9-17/h3-10H,11H2,1-2H3,(H,20,23)(H,21,25). The number of benzene rings is 2. The third kappa shape index (κ3) is 5.61. The van der Waals surface area contributed by atoms with Crippen LogP contribution in [0.4, 0.5) is 17.1 Å². The molecule has 0 unspecified atom stereocenters. The molecule has 0 heterocycles. The summed E-state index contributed by atoms with van der Waals surface area (Å²) in [6.07, 6.45) is 0. The van der Waals surface area contributed by atoms with Crippen molar-refractivity contribution in [1.29, 1.82) is 0 Å². The van der Waals surface area contributed by atoms with Crippen LogP contribution < -0.4 is 15.5 Å². The molecule has 25 heavy (non-hydrogen) atoms. The Morgan fingerprint density at radius 1 is 0.960 bits per heavy atom. The molecule has 0 radical (unpaired) electrons. The average Bonchev–Trinajstić information content (AvgIpc) is 2.52. The van der Waals surface area contributed by atoms with E-state index in [1.54, 1.807) is 48.5 Å². The zero-order chi connectivity index (χ0) is 18.4. The molecule has 0 aliphatic carbocycles. The predicted octanol–water partition coefficient (Wildman–Crippen LogP) is 3.29. The van der Waals surface area contributed by atoms with E-state index in [2.05, 4.69) is 10.6 Å². The van der Waals surface area contributed by atoms with E-state index in [0.717, 1.165) is 0 Å². The van der Waals surface area contributed by atoms with Crippen molar-refractivity contribution in [3.8, 4) is 0 Å². The van der Waals surface area contributed by atoms with Crippen LogP contribution in [0.5, 0.6) is 0 Å². The van der Waals surface area contributed by atoms with Crippen LogP contribution in [0.25, 0.3) is 0 Å². The van der Waals surface area contributed by atoms with Crippen molar-refractivity contribution in [2.45, 2.75) is 13.8 Å². The Labute approximate surface area is 150 Å². The van der Waals surface area contributed by atoms with E-state index in [1.807, 2.05) is 0 Å². The highest BCUT2D eigenvalue weighted by molar-refractivity contribution is 6.31. The lowest BCUT2D eigenvalue weighted by Crippen LogP contribution is -2.36. The first-order chi connectivity index (χ1) is 11.8. The van der Waals surface area contributed by atoms with Crippen LogP contribution in [-0.4, -0.2) is 24.3 Å². The van der Waals surface area contributed by atoms with E-state index in [-0.39, 0.29) is 24.3 Å². The minimum Gasteiger partial charge on any atom is -0.326 e. The van der Waals surface area contributed by atoms with Crippen molar-refractivity contribution in [3.05, 3.63) is 53.6 Å². The van der Waals surface area contributed by atoms with Crippen LogP contribution in [0.15, 0.2) is 48.5 Å². The van der Waals surface area contributed by atoms with E-state index in [9.17, 15) is 14.4 Å². The number of nitrogens with zero attached hydrogens (tertiary/aromatic N) is 1. The van der Waals surface area contributed by atoms with Crippen LogP contribution in [-0.2, 0) is 14.4 Å². The van der Waals surface area contributed by atoms with Gasteiger partial charge in [0.1, 0.15) is 6.54 Å². The zero-order valence-electron chi connectivity index (χ0n) is 13.9. The number of nitrogens with one attached hydrogen (secondary N) is 2. The Kier molecular flexibility index (Phi) is 6.14. The van der Waals surface area contributed by atoms with Gasteiger partial charge in [0, 0.05) is 35.9 Å². The molecule has 2 N–H and O–H groups in total.